The highest BCUT2D eigenvalue weighted by atomic mass is 35.5. The molecule has 1 fully saturated rings. The third kappa shape index (κ3) is 2.73. The molecule has 1 aliphatic carbocycles. The molecule has 1 saturated carbocycles. The van der Waals surface area contributed by atoms with Crippen LogP contribution in [0.25, 0.3) is 0 Å². The molecule has 0 atom stereocenters. The van der Waals surface area contributed by atoms with E-state index in [1.807, 2.05) is 6.07 Å². The Bertz CT molecular complexity index is 458. The summed E-state index contributed by atoms with van der Waals surface area (Å²) >= 11 is 11.7. The number of benzene rings is 1. The zero-order chi connectivity index (χ0) is 12.6. The zero-order valence-corrected chi connectivity index (χ0v) is 11.1. The van der Waals surface area contributed by atoms with E-state index in [1.54, 1.807) is 24.1 Å². The molecule has 0 aromatic heterocycles. The molecule has 0 saturated heterocycles. The summed E-state index contributed by atoms with van der Waals surface area (Å²) < 4.78 is 0. The maximum atomic E-state index is 11.9. The van der Waals surface area contributed by atoms with Gasteiger partial charge in [-0.1, -0.05) is 29.3 Å². The third-order valence-corrected chi connectivity index (χ3v) is 3.70. The summed E-state index contributed by atoms with van der Waals surface area (Å²) in [7, 11) is 1.75. The molecule has 1 aromatic rings. The third-order valence-electron chi connectivity index (χ3n) is 2.97. The molecule has 1 aliphatic rings. The van der Waals surface area contributed by atoms with Gasteiger partial charge in [0.25, 0.3) is 0 Å². The number of likely N-dealkylation sites (N-methyl/N-ethyl adjacent to an activating group) is 1. The Balaban J connectivity index is 2.05. The Labute approximate surface area is 110 Å². The molecule has 0 unspecified atom stereocenters. The number of carbonyl (C=O) groups excluding carboxylic acids is 1. The van der Waals surface area contributed by atoms with Crippen molar-refractivity contribution in [2.24, 2.45) is 5.73 Å². The van der Waals surface area contributed by atoms with E-state index in [1.165, 1.54) is 0 Å². The average molecular weight is 273 g/mol. The lowest BCUT2D eigenvalue weighted by atomic mass is 10.2. The molecule has 3 nitrogen and oxygen atoms in total. The summed E-state index contributed by atoms with van der Waals surface area (Å²) in [6, 6.07) is 5.35. The topological polar surface area (TPSA) is 46.3 Å². The Morgan fingerprint density at radius 1 is 1.41 bits per heavy atom. The molecule has 0 bridgehead atoms. The molecular formula is C12H14Cl2N2O. The maximum Gasteiger partial charge on any atom is 0.242 e. The van der Waals surface area contributed by atoms with Gasteiger partial charge in [0.15, 0.2) is 0 Å². The standard InChI is InChI=1S/C12H14Cl2N2O/c1-16(11(17)12(15)4-5-12)7-8-2-3-9(13)10(14)6-8/h2-3,6H,4-5,7,15H2,1H3. The first-order chi connectivity index (χ1) is 7.92. The smallest absolute Gasteiger partial charge is 0.242 e. The van der Waals surface area contributed by atoms with Gasteiger partial charge >= 0.3 is 0 Å². The van der Waals surface area contributed by atoms with Crippen molar-refractivity contribution >= 4 is 29.1 Å². The van der Waals surface area contributed by atoms with Crippen molar-refractivity contribution in [1.82, 2.24) is 4.90 Å². The van der Waals surface area contributed by atoms with Crippen molar-refractivity contribution in [3.8, 4) is 0 Å². The summed E-state index contributed by atoms with van der Waals surface area (Å²) in [4.78, 5) is 13.6. The summed E-state index contributed by atoms with van der Waals surface area (Å²) in [5, 5.41) is 1.01. The van der Waals surface area contributed by atoms with Crippen LogP contribution in [-0.2, 0) is 11.3 Å². The highest BCUT2D eigenvalue weighted by Gasteiger charge is 2.47. The molecule has 17 heavy (non-hydrogen) atoms. The predicted molar refractivity (Wildman–Crippen MR) is 69.1 cm³/mol. The van der Waals surface area contributed by atoms with Gasteiger partial charge < -0.3 is 10.6 Å². The van der Waals surface area contributed by atoms with Crippen LogP contribution in [0.4, 0.5) is 0 Å². The fourth-order valence-electron chi connectivity index (χ4n) is 1.71. The number of carbonyl (C=O) groups is 1. The van der Waals surface area contributed by atoms with Gasteiger partial charge in [-0.05, 0) is 30.5 Å². The van der Waals surface area contributed by atoms with Gasteiger partial charge in [0.2, 0.25) is 5.91 Å². The lowest BCUT2D eigenvalue weighted by molar-refractivity contribution is -0.132. The molecule has 5 heteroatoms. The molecule has 92 valence electrons. The van der Waals surface area contributed by atoms with E-state index in [0.29, 0.717) is 16.6 Å². The van der Waals surface area contributed by atoms with Crippen LogP contribution in [0.1, 0.15) is 18.4 Å². The number of hydrogen-bond donors (Lipinski definition) is 1. The first-order valence-electron chi connectivity index (χ1n) is 5.41. The van der Waals surface area contributed by atoms with E-state index in [0.717, 1.165) is 18.4 Å². The number of amides is 1. The van der Waals surface area contributed by atoms with Crippen LogP contribution in [-0.4, -0.2) is 23.4 Å². The predicted octanol–water partition coefficient (Wildman–Crippen LogP) is 2.44. The molecule has 0 aliphatic heterocycles. The normalized spacial score (nSPS) is 16.7. The van der Waals surface area contributed by atoms with E-state index < -0.39 is 5.54 Å². The van der Waals surface area contributed by atoms with Crippen LogP contribution in [0.2, 0.25) is 10.0 Å². The van der Waals surface area contributed by atoms with E-state index in [9.17, 15) is 4.79 Å². The Morgan fingerprint density at radius 3 is 2.59 bits per heavy atom. The lowest BCUT2D eigenvalue weighted by Crippen LogP contribution is -2.43. The number of nitrogens with zero attached hydrogens (tertiary/aromatic N) is 1. The average Bonchev–Trinajstić information content (AvgIpc) is 3.02. The van der Waals surface area contributed by atoms with Gasteiger partial charge in [-0.3, -0.25) is 4.79 Å². The molecule has 0 heterocycles. The van der Waals surface area contributed by atoms with Crippen LogP contribution in [0, 0.1) is 0 Å². The Hall–Kier alpha value is -0.770. The highest BCUT2D eigenvalue weighted by Crippen LogP contribution is 2.34. The van der Waals surface area contributed by atoms with Gasteiger partial charge in [0.1, 0.15) is 0 Å². The van der Waals surface area contributed by atoms with E-state index in [2.05, 4.69) is 0 Å². The molecule has 0 radical (unpaired) electrons. The largest absolute Gasteiger partial charge is 0.340 e. The van der Waals surface area contributed by atoms with Crippen LogP contribution in [0.3, 0.4) is 0 Å². The molecule has 1 aromatic carbocycles. The molecule has 2 N–H and O–H groups in total. The first-order valence-corrected chi connectivity index (χ1v) is 6.16. The van der Waals surface area contributed by atoms with Crippen LogP contribution in [0.5, 0.6) is 0 Å². The van der Waals surface area contributed by atoms with Crippen molar-refractivity contribution in [3.63, 3.8) is 0 Å². The van der Waals surface area contributed by atoms with Crippen molar-refractivity contribution in [1.29, 1.82) is 0 Å². The fraction of sp³-hybridized carbons (Fsp3) is 0.417. The minimum Gasteiger partial charge on any atom is -0.340 e. The van der Waals surface area contributed by atoms with Crippen LogP contribution < -0.4 is 5.73 Å². The molecule has 0 spiro atoms. The highest BCUT2D eigenvalue weighted by molar-refractivity contribution is 6.42. The van der Waals surface area contributed by atoms with Gasteiger partial charge in [-0.15, -0.1) is 0 Å². The number of nitrogens with two attached hydrogens (primary N) is 1. The summed E-state index contributed by atoms with van der Waals surface area (Å²) in [5.41, 5.74) is 6.18. The molecule has 1 amide bonds. The van der Waals surface area contributed by atoms with Crippen LogP contribution >= 0.6 is 23.2 Å². The number of rotatable bonds is 3. The van der Waals surface area contributed by atoms with Gasteiger partial charge in [0, 0.05) is 13.6 Å². The zero-order valence-electron chi connectivity index (χ0n) is 9.54. The van der Waals surface area contributed by atoms with Crippen molar-refractivity contribution in [3.05, 3.63) is 33.8 Å². The van der Waals surface area contributed by atoms with E-state index in [4.69, 9.17) is 28.9 Å². The van der Waals surface area contributed by atoms with Crippen LogP contribution in [0.15, 0.2) is 18.2 Å². The monoisotopic (exact) mass is 272 g/mol. The second kappa shape index (κ2) is 4.48. The summed E-state index contributed by atoms with van der Waals surface area (Å²) in [6.45, 7) is 0.495. The Morgan fingerprint density at radius 2 is 2.06 bits per heavy atom. The van der Waals surface area contributed by atoms with E-state index in [-0.39, 0.29) is 5.91 Å². The number of hydrogen-bond acceptors (Lipinski definition) is 2. The molecular weight excluding hydrogens is 259 g/mol. The van der Waals surface area contributed by atoms with Crippen molar-refractivity contribution in [2.45, 2.75) is 24.9 Å². The maximum absolute atomic E-state index is 11.9. The minimum atomic E-state index is -0.620. The van der Waals surface area contributed by atoms with Crippen molar-refractivity contribution in [2.75, 3.05) is 7.05 Å². The Kier molecular flexibility index (Phi) is 3.34. The minimum absolute atomic E-state index is 0.0106. The van der Waals surface area contributed by atoms with Gasteiger partial charge in [-0.25, -0.2) is 0 Å². The molecule has 2 rings (SSSR count). The quantitative estimate of drug-likeness (QED) is 0.919. The van der Waals surface area contributed by atoms with Crippen molar-refractivity contribution < 1.29 is 4.79 Å². The van der Waals surface area contributed by atoms with Gasteiger partial charge in [0.05, 0.1) is 15.6 Å². The first kappa shape index (κ1) is 12.7. The van der Waals surface area contributed by atoms with E-state index >= 15 is 0 Å². The fourth-order valence-corrected chi connectivity index (χ4v) is 2.03. The second-order valence-corrected chi connectivity index (χ2v) is 5.38. The summed E-state index contributed by atoms with van der Waals surface area (Å²) in [5.74, 6) is -0.0106. The van der Waals surface area contributed by atoms with Gasteiger partial charge in [-0.2, -0.15) is 0 Å². The SMILES string of the molecule is CN(Cc1ccc(Cl)c(Cl)c1)C(=O)C1(N)CC1. The lowest BCUT2D eigenvalue weighted by Gasteiger charge is -2.21. The second-order valence-electron chi connectivity index (χ2n) is 4.57. The summed E-state index contributed by atoms with van der Waals surface area (Å²) in [6.07, 6.45) is 1.55. The number of halogens is 2.